The van der Waals surface area contributed by atoms with Gasteiger partial charge in [0.05, 0.1) is 0 Å². The van der Waals surface area contributed by atoms with Crippen LogP contribution < -0.4 is 0 Å². The van der Waals surface area contributed by atoms with Crippen molar-refractivity contribution in [2.45, 2.75) is 61.7 Å². The van der Waals surface area contributed by atoms with E-state index in [0.29, 0.717) is 7.85 Å². The molecule has 0 saturated heterocycles. The Balaban J connectivity index is 1.83. The molecule has 2 aromatic rings. The van der Waals surface area contributed by atoms with Gasteiger partial charge in [0.2, 0.25) is 0 Å². The summed E-state index contributed by atoms with van der Waals surface area (Å²) < 4.78 is 3.83. The normalized spacial score (nSPS) is 20.2. The fourth-order valence-corrected chi connectivity index (χ4v) is 9.94. The van der Waals surface area contributed by atoms with Gasteiger partial charge in [0.15, 0.2) is 0 Å². The first-order valence-corrected chi connectivity index (χ1v) is 19.8. The Morgan fingerprint density at radius 2 is 1.57 bits per heavy atom. The molecule has 0 bridgehead atoms. The molecule has 0 fully saturated rings. The molecule has 0 spiro atoms. The van der Waals surface area contributed by atoms with E-state index in [2.05, 4.69) is 152 Å². The molecule has 35 heavy (non-hydrogen) atoms. The van der Waals surface area contributed by atoms with Gasteiger partial charge < -0.3 is 0 Å². The summed E-state index contributed by atoms with van der Waals surface area (Å²) in [6, 6.07) is 18.8. The fraction of sp³-hybridized carbons (Fsp3) is 0.438. The maximum absolute atomic E-state index is 3.95. The first-order chi connectivity index (χ1) is 16.5. The molecule has 0 nitrogen and oxygen atoms in total. The summed E-state index contributed by atoms with van der Waals surface area (Å²) in [7, 11) is 0. The predicted molar refractivity (Wildman–Crippen MR) is 183 cm³/mol. The van der Waals surface area contributed by atoms with Crippen LogP contribution in [-0.4, -0.2) is 9.36 Å². The summed E-state index contributed by atoms with van der Waals surface area (Å²) in [6.07, 6.45) is 10.7. The van der Waals surface area contributed by atoms with Crippen LogP contribution in [0, 0.1) is 14.4 Å². The molecule has 2 aromatic carbocycles. The summed E-state index contributed by atoms with van der Waals surface area (Å²) in [5.41, 5.74) is 7.47. The standard InChI is InChI=1S/C32H41I3/c1-8-10-29(34)25-15-17-26(18-16-25)35(7)22-20-30-31(3,4)21-19-27(32(30,5)6)23-11-13-24(14-12-23)28(33)9-2/h9,11-20,28-29H,2,8,10,21-22H2,1,3-7H3/b30-20+/t28?,29-/m1/s1. The first-order valence-electron chi connectivity index (χ1n) is 12.6. The van der Waals surface area contributed by atoms with Crippen molar-refractivity contribution in [2.24, 2.45) is 10.8 Å². The van der Waals surface area contributed by atoms with Crippen molar-refractivity contribution in [1.82, 2.24) is 0 Å². The number of halogens is 3. The predicted octanol–water partition coefficient (Wildman–Crippen LogP) is 11.4. The molecule has 2 atom stereocenters. The van der Waals surface area contributed by atoms with Gasteiger partial charge in [-0.1, -0.05) is 0 Å². The second kappa shape index (κ2) is 12.6. The van der Waals surface area contributed by atoms with Crippen LogP contribution in [0.5, 0.6) is 0 Å². The molecule has 0 amide bonds. The molecular weight excluding hydrogens is 765 g/mol. The van der Waals surface area contributed by atoms with Crippen molar-refractivity contribution in [3.05, 3.63) is 99.2 Å². The Morgan fingerprint density at radius 1 is 0.971 bits per heavy atom. The van der Waals surface area contributed by atoms with Crippen LogP contribution in [-0.2, 0) is 0 Å². The molecule has 0 radical (unpaired) electrons. The molecule has 1 unspecified atom stereocenters. The maximum atomic E-state index is 3.95. The van der Waals surface area contributed by atoms with E-state index in [4.69, 9.17) is 0 Å². The van der Waals surface area contributed by atoms with E-state index >= 15 is 0 Å². The SMILES string of the molecule is C=CC(I)c1ccc(C2=CCC(C)(C)/C(=C\CI(C)c3ccc([C@H](I)CCC)cc3)C2(C)C)cc1. The Morgan fingerprint density at radius 3 is 2.14 bits per heavy atom. The van der Waals surface area contributed by atoms with Crippen LogP contribution in [0.15, 0.2) is 78.9 Å². The van der Waals surface area contributed by atoms with Crippen LogP contribution in [0.25, 0.3) is 5.57 Å². The second-order valence-corrected chi connectivity index (χ2v) is 19.1. The minimum atomic E-state index is -1.24. The second-order valence-electron chi connectivity index (χ2n) is 10.8. The van der Waals surface area contributed by atoms with E-state index < -0.39 is 19.8 Å². The Labute approximate surface area is 249 Å². The van der Waals surface area contributed by atoms with E-state index in [1.807, 2.05) is 6.08 Å². The Bertz CT molecular complexity index is 1050. The zero-order valence-electron chi connectivity index (χ0n) is 22.2. The average Bonchev–Trinajstić information content (AvgIpc) is 2.83. The fourth-order valence-electron chi connectivity index (χ4n) is 5.29. The van der Waals surface area contributed by atoms with E-state index in [1.165, 1.54) is 39.5 Å². The van der Waals surface area contributed by atoms with Gasteiger partial charge in [-0.3, -0.25) is 0 Å². The van der Waals surface area contributed by atoms with Crippen LogP contribution >= 0.6 is 65.0 Å². The van der Waals surface area contributed by atoms with Crippen molar-refractivity contribution < 1.29 is 0 Å². The van der Waals surface area contributed by atoms with Crippen LogP contribution in [0.3, 0.4) is 0 Å². The molecule has 0 aromatic heterocycles. The summed E-state index contributed by atoms with van der Waals surface area (Å²) in [4.78, 5) is 2.53. The topological polar surface area (TPSA) is 0 Å². The summed E-state index contributed by atoms with van der Waals surface area (Å²) in [6.45, 7) is 15.9. The van der Waals surface area contributed by atoms with Crippen molar-refractivity contribution in [1.29, 1.82) is 0 Å². The zero-order valence-corrected chi connectivity index (χ0v) is 28.6. The number of benzene rings is 2. The molecular formula is C32H41I3. The molecule has 0 aliphatic heterocycles. The zero-order chi connectivity index (χ0) is 25.8. The minimum absolute atomic E-state index is 0.0286. The molecule has 1 aliphatic rings. The number of alkyl halides is 4. The summed E-state index contributed by atoms with van der Waals surface area (Å²) >= 11 is 3.80. The first kappa shape index (κ1) is 29.4. The molecule has 3 rings (SSSR count). The van der Waals surface area contributed by atoms with Gasteiger partial charge in [-0.15, -0.1) is 0 Å². The van der Waals surface area contributed by atoms with E-state index in [-0.39, 0.29) is 10.8 Å². The Hall–Kier alpha value is -0.150. The molecule has 3 heteroatoms. The van der Waals surface area contributed by atoms with Gasteiger partial charge in [-0.05, 0) is 0 Å². The van der Waals surface area contributed by atoms with Gasteiger partial charge in [-0.25, -0.2) is 0 Å². The molecule has 0 saturated carbocycles. The third-order valence-corrected chi connectivity index (χ3v) is 14.5. The van der Waals surface area contributed by atoms with Crippen molar-refractivity contribution in [3.63, 3.8) is 0 Å². The third kappa shape index (κ3) is 7.04. The van der Waals surface area contributed by atoms with Crippen molar-refractivity contribution in [3.8, 4) is 0 Å². The Kier molecular flexibility index (Phi) is 10.6. The molecule has 1 aliphatic carbocycles. The van der Waals surface area contributed by atoms with Gasteiger partial charge in [0.25, 0.3) is 0 Å². The molecule has 0 N–H and O–H groups in total. The van der Waals surface area contributed by atoms with Gasteiger partial charge >= 0.3 is 252 Å². The van der Waals surface area contributed by atoms with Crippen LogP contribution in [0.4, 0.5) is 0 Å². The van der Waals surface area contributed by atoms with Crippen LogP contribution in [0.2, 0.25) is 0 Å². The van der Waals surface area contributed by atoms with E-state index in [1.54, 1.807) is 9.14 Å². The monoisotopic (exact) mass is 806 g/mol. The summed E-state index contributed by atoms with van der Waals surface area (Å²) in [5, 5.41) is 0. The summed E-state index contributed by atoms with van der Waals surface area (Å²) in [5.74, 6) is 0. The van der Waals surface area contributed by atoms with Crippen molar-refractivity contribution >= 4 is 70.6 Å². The van der Waals surface area contributed by atoms with E-state index in [0.717, 1.165) is 6.42 Å². The quantitative estimate of drug-likeness (QED) is 0.135. The van der Waals surface area contributed by atoms with Gasteiger partial charge in [-0.2, -0.15) is 0 Å². The van der Waals surface area contributed by atoms with Crippen molar-refractivity contribution in [2.75, 3.05) is 9.36 Å². The van der Waals surface area contributed by atoms with Crippen LogP contribution in [0.1, 0.15) is 78.4 Å². The number of allylic oxidation sites excluding steroid dienone is 5. The van der Waals surface area contributed by atoms with E-state index in [9.17, 15) is 0 Å². The molecule has 0 heterocycles. The molecule has 190 valence electrons. The number of hydrogen-bond acceptors (Lipinski definition) is 0. The number of hydrogen-bond donors (Lipinski definition) is 0. The third-order valence-electron chi connectivity index (χ3n) is 7.30. The van der Waals surface area contributed by atoms with Gasteiger partial charge in [0.1, 0.15) is 0 Å². The average molecular weight is 806 g/mol. The number of rotatable bonds is 9. The van der Waals surface area contributed by atoms with Gasteiger partial charge in [0, 0.05) is 0 Å².